The molecule has 1 aliphatic heterocycles. The van der Waals surface area contributed by atoms with E-state index in [0.717, 1.165) is 12.8 Å². The lowest BCUT2D eigenvalue weighted by atomic mass is 9.89. The second-order valence-electron chi connectivity index (χ2n) is 8.53. The minimum Gasteiger partial charge on any atom is -0.450 e. The van der Waals surface area contributed by atoms with Crippen LogP contribution in [0.1, 0.15) is 40.5 Å². The third-order valence-electron chi connectivity index (χ3n) is 4.94. The molecule has 176 valence electrons. The summed E-state index contributed by atoms with van der Waals surface area (Å²) in [6.07, 6.45) is 1.30. The molecule has 1 rings (SSSR count). The first kappa shape index (κ1) is 28.7. The van der Waals surface area contributed by atoms with Gasteiger partial charge in [0.05, 0.1) is 12.7 Å². The Balaban J connectivity index is 0.00000841. The average Bonchev–Trinajstić information content (AvgIpc) is 2.65. The first-order chi connectivity index (χ1) is 13.6. The number of carbonyl (C=O) groups excluding carboxylic acids is 2. The highest BCUT2D eigenvalue weighted by molar-refractivity contribution is 14.0. The SMILES string of the molecule is CCOC(=O)N1CCC(NC(=NCC(=O)N(C)C)NCC(OC)C(C)(C)C)CC1.I. The monoisotopic (exact) mass is 541 g/mol. The molecular weight excluding hydrogens is 501 g/mol. The number of aliphatic imine (C=N–C) groups is 1. The van der Waals surface area contributed by atoms with Gasteiger partial charge in [0.2, 0.25) is 5.91 Å². The van der Waals surface area contributed by atoms with Crippen LogP contribution < -0.4 is 10.6 Å². The van der Waals surface area contributed by atoms with Crippen LogP contribution in [0.2, 0.25) is 0 Å². The molecule has 30 heavy (non-hydrogen) atoms. The zero-order chi connectivity index (χ0) is 22.0. The van der Waals surface area contributed by atoms with E-state index in [1.165, 1.54) is 4.90 Å². The molecule has 1 saturated heterocycles. The van der Waals surface area contributed by atoms with Crippen LogP contribution in [0, 0.1) is 5.41 Å². The molecule has 0 aromatic rings. The first-order valence-corrected chi connectivity index (χ1v) is 10.3. The van der Waals surface area contributed by atoms with E-state index in [1.807, 2.05) is 0 Å². The van der Waals surface area contributed by atoms with Gasteiger partial charge in [-0.2, -0.15) is 0 Å². The van der Waals surface area contributed by atoms with Crippen molar-refractivity contribution in [2.75, 3.05) is 54.0 Å². The number of piperidine rings is 1. The Morgan fingerprint density at radius 2 is 1.83 bits per heavy atom. The molecule has 0 aromatic carbocycles. The number of nitrogens with zero attached hydrogens (tertiary/aromatic N) is 3. The van der Waals surface area contributed by atoms with Crippen LogP contribution >= 0.6 is 24.0 Å². The summed E-state index contributed by atoms with van der Waals surface area (Å²) in [4.78, 5) is 31.5. The summed E-state index contributed by atoms with van der Waals surface area (Å²) in [6, 6.07) is 0.164. The van der Waals surface area contributed by atoms with Crippen molar-refractivity contribution < 1.29 is 19.1 Å². The van der Waals surface area contributed by atoms with E-state index >= 15 is 0 Å². The lowest BCUT2D eigenvalue weighted by Crippen LogP contribution is -2.52. The molecule has 1 heterocycles. The van der Waals surface area contributed by atoms with Gasteiger partial charge in [0.15, 0.2) is 5.96 Å². The summed E-state index contributed by atoms with van der Waals surface area (Å²) in [5.74, 6) is 0.517. The number of methoxy groups -OCH3 is 1. The smallest absolute Gasteiger partial charge is 0.409 e. The molecule has 9 nitrogen and oxygen atoms in total. The number of halogens is 1. The van der Waals surface area contributed by atoms with E-state index in [0.29, 0.717) is 32.2 Å². The second kappa shape index (κ2) is 13.9. The van der Waals surface area contributed by atoms with E-state index in [1.54, 1.807) is 33.0 Å². The maximum absolute atomic E-state index is 12.0. The van der Waals surface area contributed by atoms with Crippen LogP contribution in [0.15, 0.2) is 4.99 Å². The fourth-order valence-corrected chi connectivity index (χ4v) is 2.99. The van der Waals surface area contributed by atoms with Crippen LogP contribution in [-0.4, -0.2) is 93.9 Å². The molecule has 0 spiro atoms. The number of rotatable bonds is 7. The van der Waals surface area contributed by atoms with Crippen LogP contribution in [0.3, 0.4) is 0 Å². The van der Waals surface area contributed by atoms with Crippen LogP contribution in [-0.2, 0) is 14.3 Å². The third-order valence-corrected chi connectivity index (χ3v) is 4.94. The minimum absolute atomic E-state index is 0. The average molecular weight is 541 g/mol. The maximum atomic E-state index is 12.0. The topological polar surface area (TPSA) is 95.5 Å². The number of carbonyl (C=O) groups is 2. The molecule has 1 unspecified atom stereocenters. The molecule has 10 heteroatoms. The van der Waals surface area contributed by atoms with E-state index < -0.39 is 0 Å². The van der Waals surface area contributed by atoms with Gasteiger partial charge in [-0.15, -0.1) is 24.0 Å². The van der Waals surface area contributed by atoms with Gasteiger partial charge in [-0.25, -0.2) is 9.79 Å². The molecule has 1 atom stereocenters. The van der Waals surface area contributed by atoms with Crippen LogP contribution in [0.4, 0.5) is 4.79 Å². The number of ether oxygens (including phenoxy) is 2. The number of nitrogens with one attached hydrogen (secondary N) is 2. The predicted octanol–water partition coefficient (Wildman–Crippen LogP) is 1.91. The number of guanidine groups is 1. The maximum Gasteiger partial charge on any atom is 0.409 e. The second-order valence-corrected chi connectivity index (χ2v) is 8.53. The van der Waals surface area contributed by atoms with Gasteiger partial charge < -0.3 is 29.9 Å². The van der Waals surface area contributed by atoms with Gasteiger partial charge >= 0.3 is 6.09 Å². The Morgan fingerprint density at radius 1 is 1.23 bits per heavy atom. The van der Waals surface area contributed by atoms with E-state index in [2.05, 4.69) is 36.4 Å². The molecule has 0 bridgehead atoms. The number of likely N-dealkylation sites (tertiary alicyclic amines) is 1. The number of likely N-dealkylation sites (N-methyl/N-ethyl adjacent to an activating group) is 1. The van der Waals surface area contributed by atoms with Crippen molar-refractivity contribution in [3.05, 3.63) is 0 Å². The summed E-state index contributed by atoms with van der Waals surface area (Å²) in [6.45, 7) is 10.4. The Labute approximate surface area is 198 Å². The highest BCUT2D eigenvalue weighted by atomic mass is 127. The molecule has 0 radical (unpaired) electrons. The lowest BCUT2D eigenvalue weighted by Gasteiger charge is -2.33. The van der Waals surface area contributed by atoms with Crippen molar-refractivity contribution in [1.29, 1.82) is 0 Å². The summed E-state index contributed by atoms with van der Waals surface area (Å²) in [7, 11) is 5.12. The Bertz CT molecular complexity index is 558. The van der Waals surface area contributed by atoms with Crippen molar-refractivity contribution in [2.24, 2.45) is 10.4 Å². The fraction of sp³-hybridized carbons (Fsp3) is 0.850. The van der Waals surface area contributed by atoms with Gasteiger partial charge in [-0.05, 0) is 25.2 Å². The molecule has 1 aliphatic rings. The molecule has 0 aliphatic carbocycles. The van der Waals surface area contributed by atoms with Gasteiger partial charge in [0.25, 0.3) is 0 Å². The van der Waals surface area contributed by atoms with Crippen molar-refractivity contribution in [3.63, 3.8) is 0 Å². The zero-order valence-electron chi connectivity index (χ0n) is 19.5. The summed E-state index contributed by atoms with van der Waals surface area (Å²) < 4.78 is 10.7. The normalized spacial score (nSPS) is 16.4. The van der Waals surface area contributed by atoms with Crippen molar-refractivity contribution in [1.82, 2.24) is 20.4 Å². The van der Waals surface area contributed by atoms with E-state index in [-0.39, 0.29) is 60.1 Å². The standard InChI is InChI=1S/C20H39N5O4.HI/c1-8-29-19(27)25-11-9-15(10-12-25)23-18(22-14-17(26)24(5)6)21-13-16(28-7)20(2,3)4;/h15-16H,8-14H2,1-7H3,(H2,21,22,23);1H. The predicted molar refractivity (Wildman–Crippen MR) is 129 cm³/mol. The molecule has 0 aromatic heterocycles. The highest BCUT2D eigenvalue weighted by Crippen LogP contribution is 2.21. The number of hydrogen-bond acceptors (Lipinski definition) is 5. The van der Waals surface area contributed by atoms with E-state index in [4.69, 9.17) is 9.47 Å². The molecule has 2 amide bonds. The van der Waals surface area contributed by atoms with Crippen LogP contribution in [0.25, 0.3) is 0 Å². The molecule has 1 fully saturated rings. The fourth-order valence-electron chi connectivity index (χ4n) is 2.99. The Hall–Kier alpha value is -1.30. The number of hydrogen-bond donors (Lipinski definition) is 2. The molecular formula is C20H40IN5O4. The van der Waals surface area contributed by atoms with Crippen molar-refractivity contribution in [2.45, 2.75) is 52.7 Å². The quantitative estimate of drug-likeness (QED) is 0.291. The Morgan fingerprint density at radius 3 is 2.30 bits per heavy atom. The largest absolute Gasteiger partial charge is 0.450 e. The zero-order valence-corrected chi connectivity index (χ0v) is 21.8. The van der Waals surface area contributed by atoms with Gasteiger partial charge in [0.1, 0.15) is 6.54 Å². The Kier molecular flexibility index (Phi) is 13.3. The number of amides is 2. The van der Waals surface area contributed by atoms with Crippen molar-refractivity contribution in [3.8, 4) is 0 Å². The third kappa shape index (κ3) is 10.1. The molecule has 2 N–H and O–H groups in total. The van der Waals surface area contributed by atoms with Gasteiger partial charge in [0, 0.05) is 46.9 Å². The van der Waals surface area contributed by atoms with Gasteiger partial charge in [-0.1, -0.05) is 20.8 Å². The molecule has 0 saturated carbocycles. The summed E-state index contributed by atoms with van der Waals surface area (Å²) in [5.41, 5.74) is -0.0305. The van der Waals surface area contributed by atoms with Crippen LogP contribution in [0.5, 0.6) is 0 Å². The van der Waals surface area contributed by atoms with Gasteiger partial charge in [-0.3, -0.25) is 4.79 Å². The minimum atomic E-state index is -0.261. The lowest BCUT2D eigenvalue weighted by molar-refractivity contribution is -0.127. The van der Waals surface area contributed by atoms with Crippen molar-refractivity contribution >= 4 is 41.9 Å². The highest BCUT2D eigenvalue weighted by Gasteiger charge is 2.26. The summed E-state index contributed by atoms with van der Waals surface area (Å²) in [5, 5.41) is 6.72. The first-order valence-electron chi connectivity index (χ1n) is 10.3. The summed E-state index contributed by atoms with van der Waals surface area (Å²) >= 11 is 0. The van der Waals surface area contributed by atoms with E-state index in [9.17, 15) is 9.59 Å².